The van der Waals surface area contributed by atoms with E-state index in [1.54, 1.807) is 6.20 Å². The van der Waals surface area contributed by atoms with Crippen LogP contribution in [0.1, 0.15) is 60.6 Å². The molecule has 1 aliphatic rings. The quantitative estimate of drug-likeness (QED) is 0.446. The normalized spacial score (nSPS) is 18.6. The van der Waals surface area contributed by atoms with E-state index in [0.29, 0.717) is 25.9 Å². The van der Waals surface area contributed by atoms with Crippen LogP contribution in [0.2, 0.25) is 0 Å². The molecule has 2 atom stereocenters. The summed E-state index contributed by atoms with van der Waals surface area (Å²) in [6.45, 7) is 7.21. The van der Waals surface area contributed by atoms with Crippen molar-refractivity contribution in [3.8, 4) is 11.8 Å². The Morgan fingerprint density at radius 3 is 2.76 bits per heavy atom. The van der Waals surface area contributed by atoms with Gasteiger partial charge in [0.2, 0.25) is 0 Å². The molecule has 1 saturated carbocycles. The van der Waals surface area contributed by atoms with Gasteiger partial charge in [-0.1, -0.05) is 18.9 Å². The van der Waals surface area contributed by atoms with Crippen LogP contribution >= 0.6 is 0 Å². The zero-order valence-electron chi connectivity index (χ0n) is 17.4. The summed E-state index contributed by atoms with van der Waals surface area (Å²) in [5.74, 6) is 5.31. The van der Waals surface area contributed by atoms with Crippen LogP contribution in [0.25, 0.3) is 0 Å². The highest BCUT2D eigenvalue weighted by Gasteiger charge is 2.42. The number of Topliss-reactive ketones (excluding diaryl/α,β-unsaturated/α-hetero) is 2. The first-order chi connectivity index (χ1) is 14.0. The molecule has 0 saturated heterocycles. The summed E-state index contributed by atoms with van der Waals surface area (Å²) in [4.78, 5) is 30.2. The minimum atomic E-state index is -0.616. The van der Waals surface area contributed by atoms with Gasteiger partial charge in [-0.3, -0.25) is 14.6 Å². The monoisotopic (exact) mass is 388 g/mol. The van der Waals surface area contributed by atoms with Crippen LogP contribution in [0.3, 0.4) is 0 Å². The van der Waals surface area contributed by atoms with E-state index in [1.807, 2.05) is 44.2 Å². The van der Waals surface area contributed by atoms with E-state index in [2.05, 4.69) is 29.1 Å². The minimum absolute atomic E-state index is 0.0526. The number of aromatic nitrogens is 1. The van der Waals surface area contributed by atoms with Crippen LogP contribution in [0, 0.1) is 24.7 Å². The molecule has 0 bridgehead atoms. The summed E-state index contributed by atoms with van der Waals surface area (Å²) >= 11 is 0. The van der Waals surface area contributed by atoms with Gasteiger partial charge in [0.05, 0.1) is 5.69 Å². The third-order valence-corrected chi connectivity index (χ3v) is 5.57. The van der Waals surface area contributed by atoms with Crippen LogP contribution < -0.4 is 5.32 Å². The molecule has 1 N–H and O–H groups in total. The van der Waals surface area contributed by atoms with E-state index in [-0.39, 0.29) is 17.5 Å². The first-order valence-corrected chi connectivity index (χ1v) is 10.3. The third kappa shape index (κ3) is 4.81. The lowest BCUT2D eigenvalue weighted by molar-refractivity contribution is -0.124. The van der Waals surface area contributed by atoms with Crippen molar-refractivity contribution in [3.63, 3.8) is 0 Å². The second-order valence-corrected chi connectivity index (χ2v) is 7.58. The number of carbonyl (C=O) groups is 2. The number of pyridine rings is 1. The maximum atomic E-state index is 13.1. The van der Waals surface area contributed by atoms with E-state index in [4.69, 9.17) is 0 Å². The topological polar surface area (TPSA) is 59.1 Å². The highest BCUT2D eigenvalue weighted by atomic mass is 16.2. The predicted molar refractivity (Wildman–Crippen MR) is 115 cm³/mol. The van der Waals surface area contributed by atoms with E-state index in [1.165, 1.54) is 0 Å². The van der Waals surface area contributed by atoms with Crippen LogP contribution in [0.15, 0.2) is 36.5 Å². The third-order valence-electron chi connectivity index (χ3n) is 5.57. The Hall–Kier alpha value is -2.77. The van der Waals surface area contributed by atoms with E-state index in [0.717, 1.165) is 34.4 Å². The van der Waals surface area contributed by atoms with Crippen LogP contribution in [0.5, 0.6) is 0 Å². The van der Waals surface area contributed by atoms with Gasteiger partial charge in [-0.2, -0.15) is 0 Å². The average molecular weight is 389 g/mol. The largest absolute Gasteiger partial charge is 0.311 e. The van der Waals surface area contributed by atoms with Crippen molar-refractivity contribution < 1.29 is 9.59 Å². The number of hydrogen-bond donors (Lipinski definition) is 1. The molecule has 0 aliphatic heterocycles. The maximum Gasteiger partial charge on any atom is 0.151 e. The summed E-state index contributed by atoms with van der Waals surface area (Å²) in [6.07, 6.45) is 3.57. The Kier molecular flexibility index (Phi) is 6.95. The highest BCUT2D eigenvalue weighted by molar-refractivity contribution is 6.15. The van der Waals surface area contributed by atoms with Crippen molar-refractivity contribution in [3.05, 3.63) is 64.5 Å². The van der Waals surface area contributed by atoms with Crippen molar-refractivity contribution in [2.24, 2.45) is 5.92 Å². The van der Waals surface area contributed by atoms with Crippen LogP contribution in [-0.2, 0) is 22.6 Å². The molecule has 1 aromatic carbocycles. The number of rotatable bonds is 7. The van der Waals surface area contributed by atoms with E-state index >= 15 is 0 Å². The molecule has 1 fully saturated rings. The molecular weight excluding hydrogens is 360 g/mol. The van der Waals surface area contributed by atoms with Crippen LogP contribution in [-0.4, -0.2) is 23.1 Å². The lowest BCUT2D eigenvalue weighted by Gasteiger charge is -2.17. The van der Waals surface area contributed by atoms with Gasteiger partial charge in [0.1, 0.15) is 11.7 Å². The second-order valence-electron chi connectivity index (χ2n) is 7.58. The molecule has 2 unspecified atom stereocenters. The molecule has 1 heterocycles. The van der Waals surface area contributed by atoms with Gasteiger partial charge in [-0.05, 0) is 74.2 Å². The SMILES string of the molecule is CC#Cc1cc(C)c(C2C(=O)CC(CCNCc3ccccn3)C2=O)c(CC)c1. The molecule has 4 heteroatoms. The molecule has 150 valence electrons. The van der Waals surface area contributed by atoms with E-state index < -0.39 is 5.92 Å². The minimum Gasteiger partial charge on any atom is -0.311 e. The lowest BCUT2D eigenvalue weighted by Crippen LogP contribution is -2.22. The molecule has 0 spiro atoms. The van der Waals surface area contributed by atoms with E-state index in [9.17, 15) is 9.59 Å². The smallest absolute Gasteiger partial charge is 0.151 e. The Morgan fingerprint density at radius 2 is 2.07 bits per heavy atom. The molecule has 0 radical (unpaired) electrons. The fraction of sp³-hybridized carbons (Fsp3) is 0.400. The molecule has 29 heavy (non-hydrogen) atoms. The number of benzene rings is 1. The highest BCUT2D eigenvalue weighted by Crippen LogP contribution is 2.37. The molecule has 0 amide bonds. The number of nitrogens with zero attached hydrogens (tertiary/aromatic N) is 1. The molecule has 4 nitrogen and oxygen atoms in total. The number of aryl methyl sites for hydroxylation is 2. The standard InChI is InChI=1S/C25H28N2O2/c1-4-8-18-13-17(3)23(19(5-2)14-18)24-22(28)15-20(25(24)29)10-12-26-16-21-9-6-7-11-27-21/h6-7,9,11,13-14,20,24,26H,5,10,12,15-16H2,1-3H3. The zero-order chi connectivity index (χ0) is 20.8. The Bertz CT molecular complexity index is 954. The Labute approximate surface area is 173 Å². The Balaban J connectivity index is 1.69. The van der Waals surface area contributed by atoms with Gasteiger partial charge >= 0.3 is 0 Å². The van der Waals surface area contributed by atoms with Crippen molar-refractivity contribution in [1.82, 2.24) is 10.3 Å². The Morgan fingerprint density at radius 1 is 1.24 bits per heavy atom. The fourth-order valence-corrected chi connectivity index (χ4v) is 4.19. The number of hydrogen-bond acceptors (Lipinski definition) is 4. The van der Waals surface area contributed by atoms with Crippen molar-refractivity contribution in [2.45, 2.75) is 52.5 Å². The molecule has 3 rings (SSSR count). The summed E-state index contributed by atoms with van der Waals surface area (Å²) in [5, 5.41) is 3.33. The number of ketones is 2. The second kappa shape index (κ2) is 9.62. The fourth-order valence-electron chi connectivity index (χ4n) is 4.19. The summed E-state index contributed by atoms with van der Waals surface area (Å²) in [6, 6.07) is 9.84. The van der Waals surface area contributed by atoms with Gasteiger partial charge in [0.25, 0.3) is 0 Å². The first-order valence-electron chi connectivity index (χ1n) is 10.3. The summed E-state index contributed by atoms with van der Waals surface area (Å²) in [7, 11) is 0. The molecule has 2 aromatic rings. The first kappa shape index (κ1) is 21.0. The maximum absolute atomic E-state index is 13.1. The van der Waals surface area contributed by atoms with Crippen molar-refractivity contribution in [2.75, 3.05) is 6.54 Å². The van der Waals surface area contributed by atoms with Crippen molar-refractivity contribution >= 4 is 11.6 Å². The molecule has 1 aliphatic carbocycles. The molecular formula is C25H28N2O2. The van der Waals surface area contributed by atoms with Gasteiger partial charge in [0.15, 0.2) is 5.78 Å². The summed E-state index contributed by atoms with van der Waals surface area (Å²) < 4.78 is 0. The molecule has 1 aromatic heterocycles. The van der Waals surface area contributed by atoms with Gasteiger partial charge < -0.3 is 5.32 Å². The van der Waals surface area contributed by atoms with Gasteiger partial charge in [0, 0.05) is 30.6 Å². The van der Waals surface area contributed by atoms with Crippen molar-refractivity contribution in [1.29, 1.82) is 0 Å². The number of carbonyl (C=O) groups excluding carboxylic acids is 2. The van der Waals surface area contributed by atoms with Crippen LogP contribution in [0.4, 0.5) is 0 Å². The van der Waals surface area contributed by atoms with Gasteiger partial charge in [-0.25, -0.2) is 0 Å². The summed E-state index contributed by atoms with van der Waals surface area (Å²) in [5.41, 5.74) is 4.87. The number of nitrogens with one attached hydrogen (secondary N) is 1. The van der Waals surface area contributed by atoms with Gasteiger partial charge in [-0.15, -0.1) is 5.92 Å². The average Bonchev–Trinajstić information content (AvgIpc) is 2.99. The lowest BCUT2D eigenvalue weighted by atomic mass is 9.85. The zero-order valence-corrected chi connectivity index (χ0v) is 17.4. The predicted octanol–water partition coefficient (Wildman–Crippen LogP) is 3.75.